The monoisotopic (exact) mass is 442 g/mol. The largest absolute Gasteiger partial charge is 0.465 e. The first-order valence-corrected chi connectivity index (χ1v) is 10.6. The number of hydrogen-bond donors (Lipinski definition) is 2. The maximum Gasteiger partial charge on any atom is 0.407 e. The van der Waals surface area contributed by atoms with Crippen molar-refractivity contribution < 1.29 is 28.9 Å². The Morgan fingerprint density at radius 2 is 1.62 bits per heavy atom. The summed E-state index contributed by atoms with van der Waals surface area (Å²) >= 11 is 0. The minimum absolute atomic E-state index is 0.136. The molecule has 0 aromatic heterocycles. The molecule has 2 atom stereocenters. The van der Waals surface area contributed by atoms with E-state index in [1.807, 2.05) is 60.7 Å². The van der Waals surface area contributed by atoms with Crippen LogP contribution in [0.1, 0.15) is 30.4 Å². The van der Waals surface area contributed by atoms with Gasteiger partial charge in [-0.05, 0) is 17.5 Å². The van der Waals surface area contributed by atoms with Crippen LogP contribution < -0.4 is 5.32 Å². The molecule has 2 aromatic rings. The van der Waals surface area contributed by atoms with Crippen LogP contribution in [0, 0.1) is 0 Å². The van der Waals surface area contributed by atoms with Gasteiger partial charge in [0.15, 0.2) is 5.79 Å². The van der Waals surface area contributed by atoms with Crippen molar-refractivity contribution in [3.63, 3.8) is 0 Å². The van der Waals surface area contributed by atoms with Gasteiger partial charge in [-0.15, -0.1) is 0 Å². The third kappa shape index (κ3) is 5.99. The lowest BCUT2D eigenvalue weighted by Crippen LogP contribution is -2.60. The molecule has 0 aliphatic heterocycles. The molecule has 2 amide bonds. The van der Waals surface area contributed by atoms with E-state index < -0.39 is 30.1 Å². The standard InChI is InChI=1S/C24H30N2O6/c1-30-24(31-2)14-13-20(25-22(27)32-17-19-11-7-4-8-12-19)21(15-24)26(23(28)29)16-18-9-5-3-6-10-18/h3-12,20-21H,13-17H2,1-2H3,(H,25,27)(H,28,29)/t20-,21+/m0/s1. The molecule has 0 unspecified atom stereocenters. The molecule has 0 bridgehead atoms. The molecule has 1 fully saturated rings. The highest BCUT2D eigenvalue weighted by Crippen LogP contribution is 2.35. The van der Waals surface area contributed by atoms with E-state index in [1.54, 1.807) is 14.2 Å². The Kier molecular flexibility index (Phi) is 8.08. The normalized spacial score (nSPS) is 19.7. The topological polar surface area (TPSA) is 97.3 Å². The number of carbonyl (C=O) groups is 2. The first kappa shape index (κ1) is 23.6. The van der Waals surface area contributed by atoms with Gasteiger partial charge in [-0.3, -0.25) is 4.90 Å². The number of carboxylic acid groups (broad SMARTS) is 1. The minimum Gasteiger partial charge on any atom is -0.465 e. The zero-order valence-electron chi connectivity index (χ0n) is 18.4. The third-order valence-electron chi connectivity index (χ3n) is 5.92. The zero-order chi connectivity index (χ0) is 23.0. The Bertz CT molecular complexity index is 873. The molecule has 172 valence electrons. The lowest BCUT2D eigenvalue weighted by molar-refractivity contribution is -0.234. The van der Waals surface area contributed by atoms with Gasteiger partial charge in [0.1, 0.15) is 6.61 Å². The predicted molar refractivity (Wildman–Crippen MR) is 118 cm³/mol. The van der Waals surface area contributed by atoms with Crippen LogP contribution in [0.2, 0.25) is 0 Å². The van der Waals surface area contributed by atoms with Crippen molar-refractivity contribution in [1.82, 2.24) is 10.2 Å². The van der Waals surface area contributed by atoms with Crippen LogP contribution in [0.5, 0.6) is 0 Å². The molecule has 8 heteroatoms. The molecule has 32 heavy (non-hydrogen) atoms. The average molecular weight is 443 g/mol. The van der Waals surface area contributed by atoms with Crippen LogP contribution >= 0.6 is 0 Å². The highest BCUT2D eigenvalue weighted by atomic mass is 16.7. The summed E-state index contributed by atoms with van der Waals surface area (Å²) in [5, 5.41) is 12.9. The second kappa shape index (κ2) is 11.0. The number of amides is 2. The van der Waals surface area contributed by atoms with Gasteiger partial charge in [0.25, 0.3) is 0 Å². The van der Waals surface area contributed by atoms with Crippen LogP contribution in [0.4, 0.5) is 9.59 Å². The summed E-state index contributed by atoms with van der Waals surface area (Å²) < 4.78 is 16.6. The smallest absolute Gasteiger partial charge is 0.407 e. The molecule has 1 aliphatic carbocycles. The van der Waals surface area contributed by atoms with Crippen molar-refractivity contribution in [2.24, 2.45) is 0 Å². The van der Waals surface area contributed by atoms with E-state index in [0.29, 0.717) is 12.8 Å². The van der Waals surface area contributed by atoms with Crippen LogP contribution in [-0.4, -0.2) is 54.3 Å². The number of carbonyl (C=O) groups excluding carboxylic acids is 1. The van der Waals surface area contributed by atoms with Gasteiger partial charge in [0, 0.05) is 33.6 Å². The van der Waals surface area contributed by atoms with Gasteiger partial charge >= 0.3 is 12.2 Å². The number of hydrogen-bond acceptors (Lipinski definition) is 5. The fraction of sp³-hybridized carbons (Fsp3) is 0.417. The molecule has 3 rings (SSSR count). The lowest BCUT2D eigenvalue weighted by Gasteiger charge is -2.46. The second-order valence-electron chi connectivity index (χ2n) is 7.84. The molecule has 0 radical (unpaired) electrons. The molecule has 8 nitrogen and oxygen atoms in total. The molecular formula is C24H30N2O6. The van der Waals surface area contributed by atoms with Gasteiger partial charge in [-0.2, -0.15) is 0 Å². The van der Waals surface area contributed by atoms with Crippen molar-refractivity contribution in [3.05, 3.63) is 71.8 Å². The fourth-order valence-corrected chi connectivity index (χ4v) is 4.10. The van der Waals surface area contributed by atoms with Crippen LogP contribution in [0.15, 0.2) is 60.7 Å². The van der Waals surface area contributed by atoms with Crippen LogP contribution in [0.3, 0.4) is 0 Å². The van der Waals surface area contributed by atoms with E-state index in [9.17, 15) is 14.7 Å². The van der Waals surface area contributed by atoms with E-state index in [1.165, 1.54) is 4.90 Å². The van der Waals surface area contributed by atoms with E-state index in [0.717, 1.165) is 11.1 Å². The fourth-order valence-electron chi connectivity index (χ4n) is 4.10. The van der Waals surface area contributed by atoms with Gasteiger partial charge in [-0.1, -0.05) is 60.7 Å². The van der Waals surface area contributed by atoms with E-state index in [4.69, 9.17) is 14.2 Å². The highest BCUT2D eigenvalue weighted by molar-refractivity contribution is 5.69. The molecule has 0 heterocycles. The van der Waals surface area contributed by atoms with Gasteiger partial charge in [0.05, 0.1) is 12.1 Å². The van der Waals surface area contributed by atoms with Gasteiger partial charge in [0.2, 0.25) is 0 Å². The van der Waals surface area contributed by atoms with Gasteiger partial charge < -0.3 is 24.6 Å². The third-order valence-corrected chi connectivity index (χ3v) is 5.92. The summed E-state index contributed by atoms with van der Waals surface area (Å²) in [6.07, 6.45) is -0.393. The number of methoxy groups -OCH3 is 2. The Morgan fingerprint density at radius 3 is 2.19 bits per heavy atom. The summed E-state index contributed by atoms with van der Waals surface area (Å²) in [6, 6.07) is 17.7. The minimum atomic E-state index is -1.08. The maximum absolute atomic E-state index is 12.5. The summed E-state index contributed by atoms with van der Waals surface area (Å²) in [4.78, 5) is 26.1. The molecule has 1 saturated carbocycles. The Hall–Kier alpha value is -3.10. The van der Waals surface area contributed by atoms with Crippen LogP contribution in [0.25, 0.3) is 0 Å². The van der Waals surface area contributed by atoms with Crippen molar-refractivity contribution in [3.8, 4) is 0 Å². The van der Waals surface area contributed by atoms with Crippen molar-refractivity contribution in [1.29, 1.82) is 0 Å². The van der Waals surface area contributed by atoms with E-state index in [2.05, 4.69) is 5.32 Å². The first-order valence-electron chi connectivity index (χ1n) is 10.6. The van der Waals surface area contributed by atoms with Crippen molar-refractivity contribution in [2.75, 3.05) is 14.2 Å². The Labute approximate surface area is 188 Å². The van der Waals surface area contributed by atoms with Crippen molar-refractivity contribution >= 4 is 12.2 Å². The molecular weight excluding hydrogens is 412 g/mol. The summed E-state index contributed by atoms with van der Waals surface area (Å²) in [5.74, 6) is -0.915. The number of nitrogens with one attached hydrogen (secondary N) is 1. The molecule has 0 saturated heterocycles. The van der Waals surface area contributed by atoms with E-state index >= 15 is 0 Å². The SMILES string of the molecule is COC1(OC)CC[C@H](NC(=O)OCc2ccccc2)[C@H](N(Cc2ccccc2)C(=O)O)C1. The lowest BCUT2D eigenvalue weighted by atomic mass is 9.84. The number of nitrogens with zero attached hydrogens (tertiary/aromatic N) is 1. The quantitative estimate of drug-likeness (QED) is 0.600. The molecule has 1 aliphatic rings. The summed E-state index contributed by atoms with van der Waals surface area (Å²) in [5.41, 5.74) is 1.73. The second-order valence-corrected chi connectivity index (χ2v) is 7.84. The van der Waals surface area contributed by atoms with E-state index in [-0.39, 0.29) is 19.6 Å². The molecule has 2 aromatic carbocycles. The predicted octanol–water partition coefficient (Wildman–Crippen LogP) is 4.00. The summed E-state index contributed by atoms with van der Waals surface area (Å²) in [6.45, 7) is 0.318. The Balaban J connectivity index is 1.75. The molecule has 0 spiro atoms. The Morgan fingerprint density at radius 1 is 1.03 bits per heavy atom. The number of rotatable bonds is 8. The molecule has 2 N–H and O–H groups in total. The van der Waals surface area contributed by atoms with Gasteiger partial charge in [-0.25, -0.2) is 9.59 Å². The number of alkyl carbamates (subject to hydrolysis) is 1. The zero-order valence-corrected chi connectivity index (χ0v) is 18.4. The number of ether oxygens (including phenoxy) is 3. The summed E-state index contributed by atoms with van der Waals surface area (Å²) in [7, 11) is 3.09. The first-order chi connectivity index (χ1) is 15.5. The van der Waals surface area contributed by atoms with Crippen LogP contribution in [-0.2, 0) is 27.4 Å². The maximum atomic E-state index is 12.5. The number of benzene rings is 2. The average Bonchev–Trinajstić information content (AvgIpc) is 2.83. The van der Waals surface area contributed by atoms with Crippen molar-refractivity contribution in [2.45, 2.75) is 50.3 Å². The highest BCUT2D eigenvalue weighted by Gasteiger charge is 2.45.